The van der Waals surface area contributed by atoms with Gasteiger partial charge < -0.3 is 21.1 Å². The normalized spacial score (nSPS) is 19.6. The van der Waals surface area contributed by atoms with E-state index in [1.807, 2.05) is 6.92 Å². The molecule has 1 atom stereocenters. The van der Waals surface area contributed by atoms with Crippen molar-refractivity contribution < 1.29 is 14.3 Å². The number of amides is 2. The standard InChI is InChI=1S/C10H19N3O3/c1-7(3-8(11)14)13-9(15)4-16-10(2)5-12-6-10/h7,12H,3-6H2,1-2H3,(H2,11,14)(H,13,15). The average molecular weight is 229 g/mol. The highest BCUT2D eigenvalue weighted by Gasteiger charge is 2.33. The van der Waals surface area contributed by atoms with E-state index >= 15 is 0 Å². The van der Waals surface area contributed by atoms with Crippen LogP contribution in [0.15, 0.2) is 0 Å². The Balaban J connectivity index is 2.17. The SMILES string of the molecule is CC(CC(N)=O)NC(=O)COC1(C)CNC1. The van der Waals surface area contributed by atoms with Crippen LogP contribution in [0.25, 0.3) is 0 Å². The van der Waals surface area contributed by atoms with Crippen LogP contribution in [0.3, 0.4) is 0 Å². The van der Waals surface area contributed by atoms with Crippen molar-refractivity contribution in [1.29, 1.82) is 0 Å². The number of primary amides is 1. The van der Waals surface area contributed by atoms with Crippen LogP contribution in [0.5, 0.6) is 0 Å². The number of hydrogen-bond donors (Lipinski definition) is 3. The molecule has 1 unspecified atom stereocenters. The molecule has 1 fully saturated rings. The van der Waals surface area contributed by atoms with Gasteiger partial charge in [0.25, 0.3) is 0 Å². The molecule has 1 aliphatic heterocycles. The molecule has 0 spiro atoms. The van der Waals surface area contributed by atoms with Gasteiger partial charge in [0.2, 0.25) is 11.8 Å². The largest absolute Gasteiger partial charge is 0.370 e. The first kappa shape index (κ1) is 12.9. The van der Waals surface area contributed by atoms with E-state index in [0.29, 0.717) is 0 Å². The molecule has 0 aromatic heterocycles. The van der Waals surface area contributed by atoms with E-state index in [1.165, 1.54) is 0 Å². The molecular formula is C10H19N3O3. The third-order valence-electron chi connectivity index (χ3n) is 2.46. The van der Waals surface area contributed by atoms with E-state index < -0.39 is 5.91 Å². The molecule has 0 radical (unpaired) electrons. The zero-order valence-electron chi connectivity index (χ0n) is 9.71. The van der Waals surface area contributed by atoms with E-state index in [2.05, 4.69) is 10.6 Å². The molecule has 1 heterocycles. The molecule has 1 saturated heterocycles. The summed E-state index contributed by atoms with van der Waals surface area (Å²) in [5.74, 6) is -0.647. The molecule has 2 amide bonds. The lowest BCUT2D eigenvalue weighted by Crippen LogP contribution is -2.59. The number of nitrogens with one attached hydrogen (secondary N) is 2. The maximum atomic E-state index is 11.4. The number of rotatable bonds is 6. The van der Waals surface area contributed by atoms with Gasteiger partial charge in [-0.25, -0.2) is 0 Å². The molecule has 1 aliphatic rings. The highest BCUT2D eigenvalue weighted by atomic mass is 16.5. The number of hydrogen-bond acceptors (Lipinski definition) is 4. The van der Waals surface area contributed by atoms with Crippen LogP contribution in [-0.4, -0.2) is 43.2 Å². The van der Waals surface area contributed by atoms with Gasteiger partial charge in [-0.1, -0.05) is 0 Å². The van der Waals surface area contributed by atoms with Crippen LogP contribution < -0.4 is 16.4 Å². The molecular weight excluding hydrogens is 210 g/mol. The summed E-state index contributed by atoms with van der Waals surface area (Å²) < 4.78 is 5.44. The van der Waals surface area contributed by atoms with E-state index in [-0.39, 0.29) is 30.6 Å². The Bertz CT molecular complexity index is 276. The zero-order chi connectivity index (χ0) is 12.2. The van der Waals surface area contributed by atoms with Gasteiger partial charge in [-0.05, 0) is 13.8 Å². The summed E-state index contributed by atoms with van der Waals surface area (Å²) in [4.78, 5) is 22.0. The molecule has 16 heavy (non-hydrogen) atoms. The van der Waals surface area contributed by atoms with Gasteiger partial charge in [-0.3, -0.25) is 9.59 Å². The Morgan fingerprint density at radius 3 is 2.62 bits per heavy atom. The quantitative estimate of drug-likeness (QED) is 0.530. The first-order chi connectivity index (χ1) is 7.41. The Labute approximate surface area is 94.9 Å². The second-order valence-electron chi connectivity index (χ2n) is 4.48. The topological polar surface area (TPSA) is 93.5 Å². The molecule has 92 valence electrons. The van der Waals surface area contributed by atoms with Gasteiger partial charge in [0.05, 0.1) is 5.60 Å². The van der Waals surface area contributed by atoms with Crippen molar-refractivity contribution in [3.05, 3.63) is 0 Å². The van der Waals surface area contributed by atoms with Crippen molar-refractivity contribution in [1.82, 2.24) is 10.6 Å². The highest BCUT2D eigenvalue weighted by molar-refractivity contribution is 5.79. The number of carbonyl (C=O) groups excluding carboxylic acids is 2. The van der Waals surface area contributed by atoms with Gasteiger partial charge in [-0.2, -0.15) is 0 Å². The van der Waals surface area contributed by atoms with Gasteiger partial charge in [0.15, 0.2) is 0 Å². The number of carbonyl (C=O) groups is 2. The minimum atomic E-state index is -0.427. The van der Waals surface area contributed by atoms with Crippen LogP contribution in [0, 0.1) is 0 Å². The van der Waals surface area contributed by atoms with Gasteiger partial charge in [-0.15, -0.1) is 0 Å². The second kappa shape index (κ2) is 5.27. The second-order valence-corrected chi connectivity index (χ2v) is 4.48. The van der Waals surface area contributed by atoms with Crippen LogP contribution in [0.1, 0.15) is 20.3 Å². The molecule has 4 N–H and O–H groups in total. The third kappa shape index (κ3) is 4.16. The highest BCUT2D eigenvalue weighted by Crippen LogP contribution is 2.14. The summed E-state index contributed by atoms with van der Waals surface area (Å²) in [5.41, 5.74) is 4.78. The van der Waals surface area contributed by atoms with Crippen LogP contribution >= 0.6 is 0 Å². The van der Waals surface area contributed by atoms with Gasteiger partial charge in [0, 0.05) is 25.6 Å². The van der Waals surface area contributed by atoms with E-state index in [1.54, 1.807) is 6.92 Å². The predicted octanol–water partition coefficient (Wildman–Crippen LogP) is -1.25. The first-order valence-corrected chi connectivity index (χ1v) is 5.34. The van der Waals surface area contributed by atoms with Crippen LogP contribution in [0.4, 0.5) is 0 Å². The summed E-state index contributed by atoms with van der Waals surface area (Å²) in [6, 6.07) is -0.249. The molecule has 0 aromatic carbocycles. The Morgan fingerprint density at radius 1 is 1.56 bits per heavy atom. The molecule has 0 aromatic rings. The summed E-state index contributed by atoms with van der Waals surface area (Å²) in [6.45, 7) is 5.22. The Morgan fingerprint density at radius 2 is 2.19 bits per heavy atom. The summed E-state index contributed by atoms with van der Waals surface area (Å²) in [7, 11) is 0. The zero-order valence-corrected chi connectivity index (χ0v) is 9.71. The maximum absolute atomic E-state index is 11.4. The maximum Gasteiger partial charge on any atom is 0.246 e. The smallest absolute Gasteiger partial charge is 0.246 e. The molecule has 6 nitrogen and oxygen atoms in total. The molecule has 0 bridgehead atoms. The monoisotopic (exact) mass is 229 g/mol. The average Bonchev–Trinajstić information content (AvgIpc) is 2.10. The van der Waals surface area contributed by atoms with E-state index in [0.717, 1.165) is 13.1 Å². The van der Waals surface area contributed by atoms with Gasteiger partial charge >= 0.3 is 0 Å². The van der Waals surface area contributed by atoms with E-state index in [9.17, 15) is 9.59 Å². The first-order valence-electron chi connectivity index (χ1n) is 5.34. The lowest BCUT2D eigenvalue weighted by Gasteiger charge is -2.38. The van der Waals surface area contributed by atoms with Crippen molar-refractivity contribution in [2.45, 2.75) is 31.9 Å². The summed E-state index contributed by atoms with van der Waals surface area (Å²) >= 11 is 0. The minimum absolute atomic E-state index is 0.0152. The van der Waals surface area contributed by atoms with Gasteiger partial charge in [0.1, 0.15) is 6.61 Å². The molecule has 0 saturated carbocycles. The van der Waals surface area contributed by atoms with Crippen molar-refractivity contribution in [3.63, 3.8) is 0 Å². The number of ether oxygens (including phenoxy) is 1. The lowest BCUT2D eigenvalue weighted by atomic mass is 10.0. The Hall–Kier alpha value is -1.14. The number of nitrogens with two attached hydrogens (primary N) is 1. The molecule has 6 heteroatoms. The van der Waals surface area contributed by atoms with E-state index in [4.69, 9.17) is 10.5 Å². The minimum Gasteiger partial charge on any atom is -0.370 e. The third-order valence-corrected chi connectivity index (χ3v) is 2.46. The molecule has 1 rings (SSSR count). The Kier molecular flexibility index (Phi) is 4.26. The fourth-order valence-electron chi connectivity index (χ4n) is 1.49. The van der Waals surface area contributed by atoms with Crippen molar-refractivity contribution in [3.8, 4) is 0 Å². The predicted molar refractivity (Wildman–Crippen MR) is 58.6 cm³/mol. The fraction of sp³-hybridized carbons (Fsp3) is 0.800. The summed E-state index contributed by atoms with van der Waals surface area (Å²) in [6.07, 6.45) is 0.143. The van der Waals surface area contributed by atoms with Crippen molar-refractivity contribution in [2.24, 2.45) is 5.73 Å². The lowest BCUT2D eigenvalue weighted by molar-refractivity contribution is -0.136. The molecule has 0 aliphatic carbocycles. The summed E-state index contributed by atoms with van der Waals surface area (Å²) in [5, 5.41) is 5.72. The van der Waals surface area contributed by atoms with Crippen molar-refractivity contribution in [2.75, 3.05) is 19.7 Å². The fourth-order valence-corrected chi connectivity index (χ4v) is 1.49. The van der Waals surface area contributed by atoms with Crippen molar-refractivity contribution >= 4 is 11.8 Å². The van der Waals surface area contributed by atoms with Crippen LogP contribution in [-0.2, 0) is 14.3 Å². The van der Waals surface area contributed by atoms with Crippen LogP contribution in [0.2, 0.25) is 0 Å².